The molecule has 3 unspecified atom stereocenters. The van der Waals surface area contributed by atoms with Gasteiger partial charge in [-0.15, -0.1) is 0 Å². The fourth-order valence-electron chi connectivity index (χ4n) is 8.19. The first kappa shape index (κ1) is 37.8. The van der Waals surface area contributed by atoms with Crippen molar-refractivity contribution in [2.45, 2.75) is 118 Å². The number of hydrogen-bond donors (Lipinski definition) is 1. The molecule has 5 atom stereocenters. The van der Waals surface area contributed by atoms with Gasteiger partial charge in [0.1, 0.15) is 12.1 Å². The van der Waals surface area contributed by atoms with Gasteiger partial charge in [-0.3, -0.25) is 4.79 Å². The number of allylic oxidation sites excluding steroid dienone is 6. The van der Waals surface area contributed by atoms with Gasteiger partial charge >= 0.3 is 17.3 Å². The fourth-order valence-corrected chi connectivity index (χ4v) is 8.19. The van der Waals surface area contributed by atoms with Gasteiger partial charge in [0, 0.05) is 7.05 Å². The minimum atomic E-state index is -0.829. The van der Waals surface area contributed by atoms with Crippen molar-refractivity contribution in [1.82, 2.24) is 13.9 Å². The van der Waals surface area contributed by atoms with Crippen molar-refractivity contribution in [2.75, 3.05) is 5.33 Å². The third-order valence-electron chi connectivity index (χ3n) is 10.1. The third-order valence-corrected chi connectivity index (χ3v) is 10.6. The van der Waals surface area contributed by atoms with Gasteiger partial charge in [-0.2, -0.15) is 0 Å². The molecule has 4 aliphatic rings. The Morgan fingerprint density at radius 3 is 2.32 bits per heavy atom. The van der Waals surface area contributed by atoms with Gasteiger partial charge in [-0.05, 0) is 104 Å². The molecule has 9 heteroatoms. The molecule has 1 aromatic rings. The monoisotopic (exact) mass is 677 g/mol. The van der Waals surface area contributed by atoms with Crippen LogP contribution in [0.2, 0.25) is 0 Å². The molecule has 3 aliphatic carbocycles. The molecule has 0 spiro atoms. The van der Waals surface area contributed by atoms with Gasteiger partial charge < -0.3 is 9.90 Å². The second-order valence-corrected chi connectivity index (χ2v) is 13.6. The molecule has 0 saturated heterocycles. The summed E-state index contributed by atoms with van der Waals surface area (Å²) in [6.07, 6.45) is 19.2. The van der Waals surface area contributed by atoms with E-state index in [1.165, 1.54) is 60.7 Å². The smallest absolute Gasteiger partial charge is 0.347 e. The molecular formula is C35H56BrN3O5. The Labute approximate surface area is 272 Å². The Balaban J connectivity index is 0.000000673. The molecule has 5 rings (SSSR count). The van der Waals surface area contributed by atoms with Crippen molar-refractivity contribution in [3.63, 3.8) is 0 Å². The highest BCUT2D eigenvalue weighted by atomic mass is 79.9. The van der Waals surface area contributed by atoms with E-state index in [0.29, 0.717) is 29.7 Å². The Bertz CT molecular complexity index is 1320. The van der Waals surface area contributed by atoms with Crippen LogP contribution in [0, 0.1) is 29.1 Å². The molecule has 2 heterocycles. The first-order valence-corrected chi connectivity index (χ1v) is 17.6. The average molecular weight is 679 g/mol. The summed E-state index contributed by atoms with van der Waals surface area (Å²) in [6, 6.07) is -0.0803. The molecule has 2 fully saturated rings. The summed E-state index contributed by atoms with van der Waals surface area (Å²) >= 11 is 2.71. The van der Waals surface area contributed by atoms with Crippen LogP contribution in [0.5, 0.6) is 0 Å². The van der Waals surface area contributed by atoms with Crippen molar-refractivity contribution in [1.29, 1.82) is 0 Å². The maximum absolute atomic E-state index is 13.2. The standard InChI is InChI=1S/C30H45N3O2.C2H3BrO2.C2H6.CH2O/c1-20(2)10-8-11-21(3)25-15-16-26-22(13-9-17-30(25,26)4)18-27-24-14-7-6-12-23(24)19-32-28(34)31(5)29(35)33(27)32;3-1-2(4)5;2*1-2/h8,10,18,20-21,25-27H,6-7,9,11-17,19H2,1-5H3;1H2,(H,4,5);1-2H3;1H2/b10-8+,22-18+;;;/t21-,25?,26?,27?,30-;;;/m1.../s1. The predicted molar refractivity (Wildman–Crippen MR) is 182 cm³/mol. The van der Waals surface area contributed by atoms with Crippen molar-refractivity contribution >= 4 is 28.7 Å². The maximum atomic E-state index is 13.2. The summed E-state index contributed by atoms with van der Waals surface area (Å²) < 4.78 is 4.81. The third kappa shape index (κ3) is 8.24. The van der Waals surface area contributed by atoms with Crippen molar-refractivity contribution in [3.05, 3.63) is 55.9 Å². The zero-order chi connectivity index (χ0) is 33.2. The van der Waals surface area contributed by atoms with Crippen LogP contribution in [-0.4, -0.2) is 37.1 Å². The number of aromatic nitrogens is 3. The summed E-state index contributed by atoms with van der Waals surface area (Å²) in [5.74, 6) is 1.84. The minimum Gasteiger partial charge on any atom is -0.481 e. The SMILES string of the molecule is C=O.CC.CC(C)/C=C/C[C@@H](C)C1CCC2/C(=C/C3C4=C(CCCC4)Cn4c(=O)n(C)c(=O)n43)CCC[C@@]21C.O=C(O)CBr. The van der Waals surface area contributed by atoms with Gasteiger partial charge in [-0.1, -0.05) is 81.3 Å². The average Bonchev–Trinajstić information content (AvgIpc) is 3.49. The molecule has 248 valence electrons. The van der Waals surface area contributed by atoms with Gasteiger partial charge in [0.25, 0.3) is 0 Å². The number of fused-ring (bicyclic) bond motifs is 2. The largest absolute Gasteiger partial charge is 0.481 e. The summed E-state index contributed by atoms with van der Waals surface area (Å²) in [4.78, 5) is 43.4. The number of carbonyl (C=O) groups excluding carboxylic acids is 1. The number of carboxylic acids is 1. The predicted octanol–water partition coefficient (Wildman–Crippen LogP) is 7.46. The summed E-state index contributed by atoms with van der Waals surface area (Å²) in [6.45, 7) is 16.1. The van der Waals surface area contributed by atoms with Gasteiger partial charge in [0.15, 0.2) is 0 Å². The first-order chi connectivity index (χ1) is 21.0. The van der Waals surface area contributed by atoms with E-state index in [1.54, 1.807) is 22.0 Å². The first-order valence-electron chi connectivity index (χ1n) is 16.5. The van der Waals surface area contributed by atoms with E-state index in [9.17, 15) is 14.4 Å². The summed E-state index contributed by atoms with van der Waals surface area (Å²) in [7, 11) is 1.63. The van der Waals surface area contributed by atoms with Gasteiger partial charge in [-0.25, -0.2) is 23.5 Å². The number of alkyl halides is 1. The number of nitrogens with zero attached hydrogens (tertiary/aromatic N) is 3. The number of rotatable bonds is 6. The van der Waals surface area contributed by atoms with Crippen LogP contribution in [0.25, 0.3) is 0 Å². The van der Waals surface area contributed by atoms with Gasteiger partial charge in [0.2, 0.25) is 0 Å². The Morgan fingerprint density at radius 1 is 1.07 bits per heavy atom. The lowest BCUT2D eigenvalue weighted by Crippen LogP contribution is -2.38. The van der Waals surface area contributed by atoms with Crippen LogP contribution in [0.3, 0.4) is 0 Å². The fraction of sp³-hybridized carbons (Fsp3) is 0.714. The van der Waals surface area contributed by atoms with E-state index in [1.807, 2.05) is 20.6 Å². The van der Waals surface area contributed by atoms with E-state index in [0.717, 1.165) is 25.2 Å². The number of carbonyl (C=O) groups is 2. The summed E-state index contributed by atoms with van der Waals surface area (Å²) in [5, 5.41) is 7.71. The highest BCUT2D eigenvalue weighted by Gasteiger charge is 2.50. The second kappa shape index (κ2) is 17.3. The molecule has 0 radical (unpaired) electrons. The van der Waals surface area contributed by atoms with Crippen molar-refractivity contribution < 1.29 is 14.7 Å². The van der Waals surface area contributed by atoms with Crippen LogP contribution in [0.1, 0.15) is 112 Å². The highest BCUT2D eigenvalue weighted by Crippen LogP contribution is 2.60. The normalized spacial score (nSPS) is 27.2. The number of carboxylic acid groups (broad SMARTS) is 1. The zero-order valence-electron chi connectivity index (χ0n) is 28.1. The van der Waals surface area contributed by atoms with Crippen molar-refractivity contribution in [3.8, 4) is 0 Å². The van der Waals surface area contributed by atoms with Crippen LogP contribution >= 0.6 is 15.9 Å². The van der Waals surface area contributed by atoms with E-state index in [-0.39, 0.29) is 22.8 Å². The Morgan fingerprint density at radius 2 is 1.70 bits per heavy atom. The molecule has 2 saturated carbocycles. The lowest BCUT2D eigenvalue weighted by Gasteiger charge is -2.45. The quantitative estimate of drug-likeness (QED) is 0.249. The molecule has 44 heavy (non-hydrogen) atoms. The molecule has 1 aromatic heterocycles. The molecule has 8 nitrogen and oxygen atoms in total. The van der Waals surface area contributed by atoms with E-state index in [2.05, 4.69) is 61.9 Å². The molecular weight excluding hydrogens is 622 g/mol. The molecule has 0 aromatic carbocycles. The number of halogens is 1. The zero-order valence-corrected chi connectivity index (χ0v) is 29.7. The van der Waals surface area contributed by atoms with Crippen LogP contribution in [0.4, 0.5) is 0 Å². The summed E-state index contributed by atoms with van der Waals surface area (Å²) in [5.41, 5.74) is 4.39. The lowest BCUT2D eigenvalue weighted by atomic mass is 9.60. The second-order valence-electron chi connectivity index (χ2n) is 13.1. The van der Waals surface area contributed by atoms with E-state index >= 15 is 0 Å². The van der Waals surface area contributed by atoms with Crippen molar-refractivity contribution in [2.24, 2.45) is 36.1 Å². The Hall–Kier alpha value is -2.42. The molecule has 0 bridgehead atoms. The molecule has 0 amide bonds. The number of hydrogen-bond acceptors (Lipinski definition) is 4. The van der Waals surface area contributed by atoms with E-state index in [4.69, 9.17) is 9.90 Å². The Kier molecular flexibility index (Phi) is 14.9. The van der Waals surface area contributed by atoms with Crippen LogP contribution in [-0.2, 0) is 23.2 Å². The molecule has 1 N–H and O–H groups in total. The van der Waals surface area contributed by atoms with Crippen LogP contribution in [0.15, 0.2) is 44.5 Å². The van der Waals surface area contributed by atoms with Gasteiger partial charge in [0.05, 0.1) is 12.6 Å². The molecule has 1 aliphatic heterocycles. The lowest BCUT2D eigenvalue weighted by molar-refractivity contribution is -0.133. The topological polar surface area (TPSA) is 103 Å². The minimum absolute atomic E-state index is 0.0347. The maximum Gasteiger partial charge on any atom is 0.347 e. The van der Waals surface area contributed by atoms with E-state index < -0.39 is 5.97 Å². The highest BCUT2D eigenvalue weighted by molar-refractivity contribution is 9.09. The van der Waals surface area contributed by atoms with Crippen LogP contribution < -0.4 is 11.4 Å². The number of aliphatic carboxylic acids is 1.